The molecule has 2 aromatic rings. The standard InChI is InChI=1S/C18H19Cl2NO/c1-22-16-8-6-13-4-2-3-9-21(18(13)11-16)12-14-5-7-15(19)10-17(14)20/h5-8,10-11H,2-4,9,12H2,1H3. The molecule has 22 heavy (non-hydrogen) atoms. The van der Waals surface area contributed by atoms with Crippen LogP contribution in [0.1, 0.15) is 24.0 Å². The SMILES string of the molecule is COc1ccc2c(c1)N(Cc1ccc(Cl)cc1Cl)CCCC2. The molecule has 1 aliphatic heterocycles. The molecule has 4 heteroatoms. The van der Waals surface area contributed by atoms with Crippen molar-refractivity contribution in [3.63, 3.8) is 0 Å². The van der Waals surface area contributed by atoms with Gasteiger partial charge in [-0.25, -0.2) is 0 Å². The first-order valence-electron chi connectivity index (χ1n) is 7.53. The van der Waals surface area contributed by atoms with E-state index in [0.717, 1.165) is 35.8 Å². The molecule has 3 rings (SSSR count). The second-order valence-electron chi connectivity index (χ2n) is 5.61. The third-order valence-electron chi connectivity index (χ3n) is 4.13. The summed E-state index contributed by atoms with van der Waals surface area (Å²) >= 11 is 12.3. The maximum atomic E-state index is 6.34. The molecule has 0 unspecified atom stereocenters. The van der Waals surface area contributed by atoms with Crippen LogP contribution in [0, 0.1) is 0 Å². The lowest BCUT2D eigenvalue weighted by Crippen LogP contribution is -2.23. The number of benzene rings is 2. The fourth-order valence-electron chi connectivity index (χ4n) is 2.93. The first-order valence-corrected chi connectivity index (χ1v) is 8.29. The minimum Gasteiger partial charge on any atom is -0.497 e. The second kappa shape index (κ2) is 6.80. The van der Waals surface area contributed by atoms with Gasteiger partial charge < -0.3 is 9.64 Å². The highest BCUT2D eigenvalue weighted by Crippen LogP contribution is 2.32. The molecule has 116 valence electrons. The summed E-state index contributed by atoms with van der Waals surface area (Å²) in [6, 6.07) is 12.1. The normalized spacial score (nSPS) is 14.4. The molecule has 0 saturated carbocycles. The minimum atomic E-state index is 0.673. The molecule has 0 spiro atoms. The summed E-state index contributed by atoms with van der Waals surface area (Å²) in [4.78, 5) is 2.39. The molecule has 2 aromatic carbocycles. The van der Waals surface area contributed by atoms with E-state index >= 15 is 0 Å². The van der Waals surface area contributed by atoms with Crippen LogP contribution in [0.5, 0.6) is 5.75 Å². The van der Waals surface area contributed by atoms with E-state index in [9.17, 15) is 0 Å². The van der Waals surface area contributed by atoms with E-state index < -0.39 is 0 Å². The molecule has 0 N–H and O–H groups in total. The molecule has 0 fully saturated rings. The molecular formula is C18H19Cl2NO. The maximum absolute atomic E-state index is 6.34. The second-order valence-corrected chi connectivity index (χ2v) is 6.45. The molecule has 0 atom stereocenters. The van der Waals surface area contributed by atoms with Gasteiger partial charge in [-0.3, -0.25) is 0 Å². The number of methoxy groups -OCH3 is 1. The van der Waals surface area contributed by atoms with Crippen LogP contribution >= 0.6 is 23.2 Å². The van der Waals surface area contributed by atoms with Crippen molar-refractivity contribution < 1.29 is 4.74 Å². The summed E-state index contributed by atoms with van der Waals surface area (Å²) in [6.07, 6.45) is 3.51. The number of hydrogen-bond donors (Lipinski definition) is 0. The lowest BCUT2D eigenvalue weighted by molar-refractivity contribution is 0.414. The van der Waals surface area contributed by atoms with Crippen molar-refractivity contribution in [3.8, 4) is 5.75 Å². The smallest absolute Gasteiger partial charge is 0.120 e. The van der Waals surface area contributed by atoms with Gasteiger partial charge in [-0.2, -0.15) is 0 Å². The van der Waals surface area contributed by atoms with Gasteiger partial charge in [0.1, 0.15) is 5.75 Å². The van der Waals surface area contributed by atoms with Crippen LogP contribution in [0.25, 0.3) is 0 Å². The van der Waals surface area contributed by atoms with Crippen molar-refractivity contribution in [1.82, 2.24) is 0 Å². The van der Waals surface area contributed by atoms with Crippen molar-refractivity contribution in [2.45, 2.75) is 25.8 Å². The number of halogens is 2. The lowest BCUT2D eigenvalue weighted by Gasteiger charge is -2.26. The Morgan fingerprint density at radius 3 is 2.73 bits per heavy atom. The Labute approximate surface area is 141 Å². The first kappa shape index (κ1) is 15.5. The van der Waals surface area contributed by atoms with Gasteiger partial charge in [-0.1, -0.05) is 35.3 Å². The molecule has 0 radical (unpaired) electrons. The number of anilines is 1. The van der Waals surface area contributed by atoms with Crippen molar-refractivity contribution >= 4 is 28.9 Å². The first-order chi connectivity index (χ1) is 10.7. The molecule has 1 heterocycles. The summed E-state index contributed by atoms with van der Waals surface area (Å²) in [5.41, 5.74) is 3.73. The third kappa shape index (κ3) is 3.34. The summed E-state index contributed by atoms with van der Waals surface area (Å²) in [6.45, 7) is 1.81. The number of ether oxygens (including phenoxy) is 1. The number of rotatable bonds is 3. The number of nitrogens with zero attached hydrogens (tertiary/aromatic N) is 1. The summed E-state index contributed by atoms with van der Waals surface area (Å²) in [5.74, 6) is 0.896. The summed E-state index contributed by atoms with van der Waals surface area (Å²) in [5, 5.41) is 1.40. The van der Waals surface area contributed by atoms with Crippen LogP contribution in [-0.2, 0) is 13.0 Å². The average Bonchev–Trinajstić information content (AvgIpc) is 2.72. The lowest BCUT2D eigenvalue weighted by atomic mass is 10.1. The Morgan fingerprint density at radius 2 is 1.95 bits per heavy atom. The molecule has 0 amide bonds. The van der Waals surface area contributed by atoms with Crippen molar-refractivity contribution in [2.24, 2.45) is 0 Å². The highest BCUT2D eigenvalue weighted by Gasteiger charge is 2.17. The van der Waals surface area contributed by atoms with Crippen LogP contribution in [-0.4, -0.2) is 13.7 Å². The molecule has 0 aromatic heterocycles. The third-order valence-corrected chi connectivity index (χ3v) is 4.72. The highest BCUT2D eigenvalue weighted by atomic mass is 35.5. The van der Waals surface area contributed by atoms with Crippen LogP contribution < -0.4 is 9.64 Å². The average molecular weight is 336 g/mol. The molecule has 0 aliphatic carbocycles. The number of hydrogen-bond acceptors (Lipinski definition) is 2. The van der Waals surface area contributed by atoms with Gasteiger partial charge >= 0.3 is 0 Å². The predicted molar refractivity (Wildman–Crippen MR) is 93.4 cm³/mol. The van der Waals surface area contributed by atoms with Crippen LogP contribution in [0.3, 0.4) is 0 Å². The van der Waals surface area contributed by atoms with Gasteiger partial charge in [0, 0.05) is 34.9 Å². The summed E-state index contributed by atoms with van der Waals surface area (Å²) in [7, 11) is 1.71. The Hall–Kier alpha value is -1.38. The van der Waals surface area contributed by atoms with Crippen molar-refractivity contribution in [2.75, 3.05) is 18.6 Å². The van der Waals surface area contributed by atoms with Gasteiger partial charge in [0.05, 0.1) is 7.11 Å². The van der Waals surface area contributed by atoms with E-state index in [4.69, 9.17) is 27.9 Å². The van der Waals surface area contributed by atoms with E-state index in [2.05, 4.69) is 17.0 Å². The Balaban J connectivity index is 1.93. The number of fused-ring (bicyclic) bond motifs is 1. The van der Waals surface area contributed by atoms with Crippen LogP contribution in [0.15, 0.2) is 36.4 Å². The molecular weight excluding hydrogens is 317 g/mol. The zero-order valence-electron chi connectivity index (χ0n) is 12.6. The van der Waals surface area contributed by atoms with E-state index in [1.54, 1.807) is 7.11 Å². The largest absolute Gasteiger partial charge is 0.497 e. The molecule has 2 nitrogen and oxygen atoms in total. The van der Waals surface area contributed by atoms with Gasteiger partial charge in [-0.15, -0.1) is 0 Å². The van der Waals surface area contributed by atoms with E-state index in [1.807, 2.05) is 24.3 Å². The van der Waals surface area contributed by atoms with E-state index in [0.29, 0.717) is 5.02 Å². The van der Waals surface area contributed by atoms with Gasteiger partial charge in [0.2, 0.25) is 0 Å². The van der Waals surface area contributed by atoms with Crippen LogP contribution in [0.2, 0.25) is 10.0 Å². The van der Waals surface area contributed by atoms with Gasteiger partial charge in [0.15, 0.2) is 0 Å². The monoisotopic (exact) mass is 335 g/mol. The number of aryl methyl sites for hydroxylation is 1. The van der Waals surface area contributed by atoms with Crippen molar-refractivity contribution in [3.05, 3.63) is 57.6 Å². The molecule has 0 bridgehead atoms. The fourth-order valence-corrected chi connectivity index (χ4v) is 3.40. The topological polar surface area (TPSA) is 12.5 Å². The maximum Gasteiger partial charge on any atom is 0.120 e. The minimum absolute atomic E-state index is 0.673. The Kier molecular flexibility index (Phi) is 4.80. The summed E-state index contributed by atoms with van der Waals surface area (Å²) < 4.78 is 5.39. The fraction of sp³-hybridized carbons (Fsp3) is 0.333. The van der Waals surface area contributed by atoms with Crippen LogP contribution in [0.4, 0.5) is 5.69 Å². The molecule has 0 saturated heterocycles. The van der Waals surface area contributed by atoms with E-state index in [1.165, 1.54) is 24.1 Å². The quantitative estimate of drug-likeness (QED) is 0.750. The Morgan fingerprint density at radius 1 is 1.09 bits per heavy atom. The highest BCUT2D eigenvalue weighted by molar-refractivity contribution is 6.35. The van der Waals surface area contributed by atoms with E-state index in [-0.39, 0.29) is 0 Å². The van der Waals surface area contributed by atoms with Crippen molar-refractivity contribution in [1.29, 1.82) is 0 Å². The zero-order chi connectivity index (χ0) is 15.5. The zero-order valence-corrected chi connectivity index (χ0v) is 14.1. The molecule has 1 aliphatic rings. The Bertz CT molecular complexity index is 672. The predicted octanol–water partition coefficient (Wildman–Crippen LogP) is 5.34. The van der Waals surface area contributed by atoms with Gasteiger partial charge in [-0.05, 0) is 48.6 Å². The van der Waals surface area contributed by atoms with Gasteiger partial charge in [0.25, 0.3) is 0 Å².